The summed E-state index contributed by atoms with van der Waals surface area (Å²) >= 11 is 1.26. The molecule has 7 heteroatoms. The van der Waals surface area contributed by atoms with Gasteiger partial charge in [-0.1, -0.05) is 49.0 Å². The first-order valence-electron chi connectivity index (χ1n) is 8.41. The molecule has 0 fully saturated rings. The third-order valence-electron chi connectivity index (χ3n) is 4.56. The second-order valence-electron chi connectivity index (χ2n) is 6.49. The summed E-state index contributed by atoms with van der Waals surface area (Å²) in [6, 6.07) is 12.3. The van der Waals surface area contributed by atoms with Crippen LogP contribution in [0, 0.1) is 0 Å². The highest BCUT2D eigenvalue weighted by Crippen LogP contribution is 2.50. The molecule has 4 N–H and O–H groups in total. The van der Waals surface area contributed by atoms with E-state index in [1.54, 1.807) is 6.07 Å². The van der Waals surface area contributed by atoms with E-state index in [1.807, 2.05) is 31.2 Å². The van der Waals surface area contributed by atoms with Crippen LogP contribution in [0.25, 0.3) is 5.57 Å². The van der Waals surface area contributed by atoms with E-state index in [1.165, 1.54) is 17.8 Å². The summed E-state index contributed by atoms with van der Waals surface area (Å²) in [7, 11) is 0. The molecule has 142 valence electrons. The SMILES string of the molecule is CC1C(Sc2cccc(C(F)(F)F)c2)=C(C(N)CC(N)=O)c2ccccc21. The van der Waals surface area contributed by atoms with Crippen molar-refractivity contribution < 1.29 is 18.0 Å². The van der Waals surface area contributed by atoms with Gasteiger partial charge in [-0.25, -0.2) is 0 Å². The Balaban J connectivity index is 2.04. The molecule has 3 rings (SSSR count). The highest BCUT2D eigenvalue weighted by atomic mass is 32.2. The van der Waals surface area contributed by atoms with E-state index in [0.717, 1.165) is 33.7 Å². The Morgan fingerprint density at radius 1 is 1.19 bits per heavy atom. The normalized spacial score (nSPS) is 17.7. The average molecular weight is 392 g/mol. The van der Waals surface area contributed by atoms with Gasteiger partial charge in [-0.15, -0.1) is 0 Å². The fourth-order valence-corrected chi connectivity index (χ4v) is 4.60. The summed E-state index contributed by atoms with van der Waals surface area (Å²) in [6.45, 7) is 1.98. The number of nitrogens with two attached hydrogens (primary N) is 2. The van der Waals surface area contributed by atoms with E-state index in [-0.39, 0.29) is 12.3 Å². The van der Waals surface area contributed by atoms with Gasteiger partial charge in [-0.05, 0) is 34.9 Å². The zero-order chi connectivity index (χ0) is 19.8. The maximum absolute atomic E-state index is 13.0. The van der Waals surface area contributed by atoms with Crippen LogP contribution in [0.5, 0.6) is 0 Å². The summed E-state index contributed by atoms with van der Waals surface area (Å²) in [4.78, 5) is 12.7. The minimum atomic E-state index is -4.40. The predicted molar refractivity (Wildman–Crippen MR) is 101 cm³/mol. The molecule has 0 aromatic heterocycles. The van der Waals surface area contributed by atoms with Crippen molar-refractivity contribution in [1.29, 1.82) is 0 Å². The average Bonchev–Trinajstić information content (AvgIpc) is 2.86. The molecule has 0 bridgehead atoms. The third kappa shape index (κ3) is 4.04. The van der Waals surface area contributed by atoms with Gasteiger partial charge in [-0.3, -0.25) is 4.79 Å². The molecule has 0 heterocycles. The second-order valence-corrected chi connectivity index (χ2v) is 7.61. The van der Waals surface area contributed by atoms with Crippen molar-refractivity contribution in [2.45, 2.75) is 36.4 Å². The number of halogens is 3. The number of primary amides is 1. The van der Waals surface area contributed by atoms with Gasteiger partial charge in [0, 0.05) is 28.2 Å². The Kier molecular flexibility index (Phi) is 5.35. The topological polar surface area (TPSA) is 69.1 Å². The van der Waals surface area contributed by atoms with E-state index in [4.69, 9.17) is 11.5 Å². The van der Waals surface area contributed by atoms with E-state index in [0.29, 0.717) is 4.90 Å². The summed E-state index contributed by atoms with van der Waals surface area (Å²) in [5.41, 5.74) is 13.6. The lowest BCUT2D eigenvalue weighted by Crippen LogP contribution is -2.28. The van der Waals surface area contributed by atoms with Crippen LogP contribution in [0.4, 0.5) is 13.2 Å². The molecule has 0 saturated carbocycles. The number of carbonyl (C=O) groups excluding carboxylic acids is 1. The molecule has 2 aromatic carbocycles. The molecule has 0 spiro atoms. The number of allylic oxidation sites excluding steroid dienone is 1. The van der Waals surface area contributed by atoms with Crippen molar-refractivity contribution >= 4 is 23.2 Å². The van der Waals surface area contributed by atoms with Crippen LogP contribution in [0.3, 0.4) is 0 Å². The van der Waals surface area contributed by atoms with Gasteiger partial charge in [0.25, 0.3) is 0 Å². The van der Waals surface area contributed by atoms with Crippen LogP contribution in [-0.4, -0.2) is 11.9 Å². The maximum atomic E-state index is 13.0. The summed E-state index contributed by atoms with van der Waals surface area (Å²) in [6.07, 6.45) is -4.43. The van der Waals surface area contributed by atoms with Crippen molar-refractivity contribution in [2.24, 2.45) is 11.5 Å². The lowest BCUT2D eigenvalue weighted by Gasteiger charge is -2.17. The minimum Gasteiger partial charge on any atom is -0.370 e. The molecule has 1 aliphatic rings. The number of carbonyl (C=O) groups is 1. The van der Waals surface area contributed by atoms with Gasteiger partial charge in [0.1, 0.15) is 0 Å². The second kappa shape index (κ2) is 7.40. The largest absolute Gasteiger partial charge is 0.416 e. The van der Waals surface area contributed by atoms with Crippen LogP contribution < -0.4 is 11.5 Å². The molecular weight excluding hydrogens is 373 g/mol. The molecule has 3 nitrogen and oxygen atoms in total. The van der Waals surface area contributed by atoms with Crippen molar-refractivity contribution in [3.05, 3.63) is 70.1 Å². The van der Waals surface area contributed by atoms with Crippen LogP contribution in [-0.2, 0) is 11.0 Å². The van der Waals surface area contributed by atoms with E-state index in [9.17, 15) is 18.0 Å². The van der Waals surface area contributed by atoms with E-state index < -0.39 is 23.7 Å². The van der Waals surface area contributed by atoms with E-state index in [2.05, 4.69) is 0 Å². The Morgan fingerprint density at radius 3 is 2.56 bits per heavy atom. The smallest absolute Gasteiger partial charge is 0.370 e. The van der Waals surface area contributed by atoms with Crippen molar-refractivity contribution in [3.63, 3.8) is 0 Å². The molecule has 2 unspecified atom stereocenters. The first kappa shape index (κ1) is 19.5. The molecular formula is C20H19F3N2OS. The maximum Gasteiger partial charge on any atom is 0.416 e. The van der Waals surface area contributed by atoms with Gasteiger partial charge in [-0.2, -0.15) is 13.2 Å². The molecule has 0 saturated heterocycles. The zero-order valence-electron chi connectivity index (χ0n) is 14.6. The van der Waals surface area contributed by atoms with Crippen LogP contribution in [0.2, 0.25) is 0 Å². The van der Waals surface area contributed by atoms with Gasteiger partial charge in [0.2, 0.25) is 5.91 Å². The lowest BCUT2D eigenvalue weighted by atomic mass is 9.97. The Labute approximate surface area is 159 Å². The van der Waals surface area contributed by atoms with E-state index >= 15 is 0 Å². The van der Waals surface area contributed by atoms with Crippen molar-refractivity contribution in [2.75, 3.05) is 0 Å². The summed E-state index contributed by atoms with van der Waals surface area (Å²) < 4.78 is 39.1. The monoisotopic (exact) mass is 392 g/mol. The Morgan fingerprint density at radius 2 is 1.89 bits per heavy atom. The summed E-state index contributed by atoms with van der Waals surface area (Å²) in [5.74, 6) is -0.551. The van der Waals surface area contributed by atoms with Crippen molar-refractivity contribution in [3.8, 4) is 0 Å². The number of benzene rings is 2. The van der Waals surface area contributed by atoms with Crippen molar-refractivity contribution in [1.82, 2.24) is 0 Å². The third-order valence-corrected chi connectivity index (χ3v) is 5.84. The van der Waals surface area contributed by atoms with Gasteiger partial charge < -0.3 is 11.5 Å². The summed E-state index contributed by atoms with van der Waals surface area (Å²) in [5, 5.41) is 0. The Bertz CT molecular complexity index is 908. The molecule has 2 aromatic rings. The Hall–Kier alpha value is -2.25. The van der Waals surface area contributed by atoms with Crippen LogP contribution in [0.15, 0.2) is 58.3 Å². The first-order chi connectivity index (χ1) is 12.7. The lowest BCUT2D eigenvalue weighted by molar-refractivity contribution is -0.137. The molecule has 0 aliphatic heterocycles. The number of hydrogen-bond donors (Lipinski definition) is 2. The van der Waals surface area contributed by atoms with Gasteiger partial charge in [0.05, 0.1) is 5.56 Å². The molecule has 1 amide bonds. The quantitative estimate of drug-likeness (QED) is 0.786. The van der Waals surface area contributed by atoms with Crippen LogP contribution in [0.1, 0.15) is 36.0 Å². The highest BCUT2D eigenvalue weighted by molar-refractivity contribution is 8.03. The number of hydrogen-bond acceptors (Lipinski definition) is 3. The standard InChI is InChI=1S/C20H19F3N2OS/c1-11-14-7-2-3-8-15(14)18(16(24)10-17(25)26)19(11)27-13-6-4-5-12(9-13)20(21,22)23/h2-9,11,16H,10,24H2,1H3,(H2,25,26). The molecule has 2 atom stereocenters. The molecule has 27 heavy (non-hydrogen) atoms. The molecule has 1 aliphatic carbocycles. The number of amides is 1. The van der Waals surface area contributed by atoms with Gasteiger partial charge >= 0.3 is 6.18 Å². The van der Waals surface area contributed by atoms with Gasteiger partial charge in [0.15, 0.2) is 0 Å². The number of alkyl halides is 3. The van der Waals surface area contributed by atoms with Crippen LogP contribution >= 0.6 is 11.8 Å². The fraction of sp³-hybridized carbons (Fsp3) is 0.250. The highest BCUT2D eigenvalue weighted by Gasteiger charge is 2.33. The number of thioether (sulfide) groups is 1. The fourth-order valence-electron chi connectivity index (χ4n) is 3.33. The molecule has 0 radical (unpaired) electrons. The minimum absolute atomic E-state index is 0.0248. The predicted octanol–water partition coefficient (Wildman–Crippen LogP) is 4.53. The first-order valence-corrected chi connectivity index (χ1v) is 9.22. The number of rotatable bonds is 5. The number of fused-ring (bicyclic) bond motifs is 1. The zero-order valence-corrected chi connectivity index (χ0v) is 15.4.